The van der Waals surface area contributed by atoms with Crippen molar-refractivity contribution in [1.82, 2.24) is 0 Å². The molecule has 1 aromatic carbocycles. The maximum absolute atomic E-state index is 12.9. The quantitative estimate of drug-likeness (QED) is 0.588. The molecule has 1 saturated carbocycles. The Hall–Kier alpha value is -2.01. The number of rotatable bonds is 4. The van der Waals surface area contributed by atoms with Crippen LogP contribution in [0.3, 0.4) is 0 Å². The maximum atomic E-state index is 12.9. The fourth-order valence-corrected chi connectivity index (χ4v) is 5.11. The lowest BCUT2D eigenvalue weighted by Crippen LogP contribution is -2.50. The Balaban J connectivity index is 1.92. The molecular weight excluding hydrogens is 356 g/mol. The molecule has 0 unspecified atom stereocenters. The molecule has 1 fully saturated rings. The average molecular weight is 389 g/mol. The molecule has 2 aliphatic carbocycles. The van der Waals surface area contributed by atoms with Gasteiger partial charge in [-0.2, -0.15) is 0 Å². The molecule has 1 aromatic rings. The first-order valence-corrected chi connectivity index (χ1v) is 10.1. The average Bonchev–Trinajstić information content (AvgIpc) is 2.84. The van der Waals surface area contributed by atoms with E-state index in [4.69, 9.17) is 9.47 Å². The van der Waals surface area contributed by atoms with Gasteiger partial charge in [0, 0.05) is 12.3 Å². The number of phenolic OH excluding ortho intramolecular Hbond substituents is 1. The summed E-state index contributed by atoms with van der Waals surface area (Å²) in [4.78, 5) is 12.9. The number of fused-ring (bicyclic) bond motifs is 1. The van der Waals surface area contributed by atoms with Crippen molar-refractivity contribution in [2.75, 3.05) is 7.11 Å². The highest BCUT2D eigenvalue weighted by atomic mass is 16.5. The number of carbonyl (C=O) groups excluding carboxylic acids is 1. The number of hydrogen-bond donors (Lipinski definition) is 2. The lowest BCUT2D eigenvalue weighted by Gasteiger charge is -2.43. The highest BCUT2D eigenvalue weighted by Crippen LogP contribution is 2.58. The second-order valence-corrected chi connectivity index (χ2v) is 9.07. The predicted octanol–water partition coefficient (Wildman–Crippen LogP) is 4.47. The van der Waals surface area contributed by atoms with Crippen LogP contribution in [0.1, 0.15) is 63.7 Å². The molecule has 3 rings (SSSR count). The maximum Gasteiger partial charge on any atom is 0.338 e. The molecule has 5 nitrogen and oxygen atoms in total. The molecule has 4 atom stereocenters. The van der Waals surface area contributed by atoms with Crippen molar-refractivity contribution >= 4 is 5.97 Å². The third-order valence-corrected chi connectivity index (χ3v) is 6.87. The van der Waals surface area contributed by atoms with Crippen molar-refractivity contribution in [2.45, 2.75) is 65.1 Å². The Labute approximate surface area is 167 Å². The summed E-state index contributed by atoms with van der Waals surface area (Å²) in [5, 5.41) is 21.5. The summed E-state index contributed by atoms with van der Waals surface area (Å²) < 4.78 is 11.0. The first-order chi connectivity index (χ1) is 13.1. The van der Waals surface area contributed by atoms with Crippen LogP contribution in [0.2, 0.25) is 0 Å². The van der Waals surface area contributed by atoms with Gasteiger partial charge in [-0.05, 0) is 55.7 Å². The molecule has 5 heteroatoms. The molecule has 28 heavy (non-hydrogen) atoms. The van der Waals surface area contributed by atoms with Crippen LogP contribution in [0.4, 0.5) is 0 Å². The summed E-state index contributed by atoms with van der Waals surface area (Å²) in [7, 11) is 1.46. The van der Waals surface area contributed by atoms with Crippen molar-refractivity contribution in [3.8, 4) is 11.5 Å². The molecule has 2 aliphatic rings. The highest BCUT2D eigenvalue weighted by molar-refractivity contribution is 5.90. The van der Waals surface area contributed by atoms with E-state index in [-0.39, 0.29) is 28.6 Å². The molecule has 154 valence electrons. The van der Waals surface area contributed by atoms with Crippen LogP contribution in [0.25, 0.3) is 0 Å². The fraction of sp³-hybridized carbons (Fsp3) is 0.609. The molecule has 0 bridgehead atoms. The zero-order valence-electron chi connectivity index (χ0n) is 17.5. The van der Waals surface area contributed by atoms with E-state index >= 15 is 0 Å². The van der Waals surface area contributed by atoms with E-state index in [0.717, 1.165) is 19.3 Å². The predicted molar refractivity (Wildman–Crippen MR) is 107 cm³/mol. The Kier molecular flexibility index (Phi) is 5.50. The van der Waals surface area contributed by atoms with Crippen LogP contribution >= 0.6 is 0 Å². The summed E-state index contributed by atoms with van der Waals surface area (Å²) in [5.41, 5.74) is 0.485. The van der Waals surface area contributed by atoms with Gasteiger partial charge in [-0.1, -0.05) is 32.4 Å². The third kappa shape index (κ3) is 3.52. The molecule has 0 saturated heterocycles. The van der Waals surface area contributed by atoms with Crippen LogP contribution < -0.4 is 4.74 Å². The molecular formula is C23H32O5. The zero-order valence-corrected chi connectivity index (χ0v) is 17.5. The van der Waals surface area contributed by atoms with E-state index in [1.54, 1.807) is 12.1 Å². The molecule has 0 aromatic heterocycles. The number of phenols is 1. The fourth-order valence-electron chi connectivity index (χ4n) is 5.11. The third-order valence-electron chi connectivity index (χ3n) is 6.87. The molecule has 0 spiro atoms. The molecule has 0 radical (unpaired) electrons. The molecule has 0 aliphatic heterocycles. The molecule has 0 amide bonds. The van der Waals surface area contributed by atoms with Crippen LogP contribution in [-0.2, 0) is 4.74 Å². The first kappa shape index (κ1) is 20.7. The van der Waals surface area contributed by atoms with Gasteiger partial charge in [0.2, 0.25) is 0 Å². The van der Waals surface area contributed by atoms with Crippen molar-refractivity contribution in [2.24, 2.45) is 17.3 Å². The minimum Gasteiger partial charge on any atom is -0.504 e. The van der Waals surface area contributed by atoms with Gasteiger partial charge >= 0.3 is 5.97 Å². The number of esters is 1. The van der Waals surface area contributed by atoms with Crippen molar-refractivity contribution in [1.29, 1.82) is 0 Å². The SMILES string of the molecule is COc1ccc(C(=O)O[C@H]2CC(C)=CC[C@@]3(C)CC[C@@](O)(C(C)C)[C@H]23)cc1O. The minimum absolute atomic E-state index is 0.0731. The van der Waals surface area contributed by atoms with E-state index in [1.807, 2.05) is 13.8 Å². The Morgan fingerprint density at radius 2 is 2.00 bits per heavy atom. The second kappa shape index (κ2) is 7.43. The van der Waals surface area contributed by atoms with Gasteiger partial charge in [0.05, 0.1) is 18.3 Å². The number of methoxy groups -OCH3 is 1. The van der Waals surface area contributed by atoms with Gasteiger partial charge in [-0.15, -0.1) is 0 Å². The lowest BCUT2D eigenvalue weighted by molar-refractivity contribution is -0.112. The van der Waals surface area contributed by atoms with Gasteiger partial charge in [-0.3, -0.25) is 0 Å². The van der Waals surface area contributed by atoms with E-state index in [0.29, 0.717) is 12.2 Å². The summed E-state index contributed by atoms with van der Waals surface area (Å²) in [6, 6.07) is 4.50. The number of aromatic hydroxyl groups is 1. The van der Waals surface area contributed by atoms with Crippen LogP contribution in [-0.4, -0.2) is 35.0 Å². The number of allylic oxidation sites excluding steroid dienone is 1. The van der Waals surface area contributed by atoms with Gasteiger partial charge in [0.25, 0.3) is 0 Å². The normalized spacial score (nSPS) is 32.5. The summed E-state index contributed by atoms with van der Waals surface area (Å²) in [6.45, 7) is 8.33. The van der Waals surface area contributed by atoms with Crippen LogP contribution in [0.15, 0.2) is 29.8 Å². The highest BCUT2D eigenvalue weighted by Gasteiger charge is 2.59. The molecule has 2 N–H and O–H groups in total. The van der Waals surface area contributed by atoms with Gasteiger partial charge in [-0.25, -0.2) is 4.79 Å². The van der Waals surface area contributed by atoms with Crippen LogP contribution in [0.5, 0.6) is 11.5 Å². The summed E-state index contributed by atoms with van der Waals surface area (Å²) in [6.07, 6.45) is 4.95. The zero-order chi connectivity index (χ0) is 20.7. The topological polar surface area (TPSA) is 76.0 Å². The number of benzene rings is 1. The second-order valence-electron chi connectivity index (χ2n) is 9.07. The van der Waals surface area contributed by atoms with Crippen molar-refractivity contribution in [3.05, 3.63) is 35.4 Å². The largest absolute Gasteiger partial charge is 0.504 e. The van der Waals surface area contributed by atoms with Gasteiger partial charge in [0.1, 0.15) is 6.10 Å². The van der Waals surface area contributed by atoms with Crippen LogP contribution in [0, 0.1) is 17.3 Å². The number of hydrogen-bond acceptors (Lipinski definition) is 5. The number of ether oxygens (including phenoxy) is 2. The van der Waals surface area contributed by atoms with E-state index in [9.17, 15) is 15.0 Å². The number of carbonyl (C=O) groups is 1. The van der Waals surface area contributed by atoms with E-state index in [1.165, 1.54) is 18.7 Å². The lowest BCUT2D eigenvalue weighted by atomic mass is 9.67. The van der Waals surface area contributed by atoms with Gasteiger partial charge < -0.3 is 19.7 Å². The van der Waals surface area contributed by atoms with Gasteiger partial charge in [0.15, 0.2) is 11.5 Å². The Morgan fingerprint density at radius 1 is 1.29 bits per heavy atom. The number of aliphatic hydroxyl groups is 1. The molecule has 0 heterocycles. The Morgan fingerprint density at radius 3 is 2.61 bits per heavy atom. The standard InChI is InChI=1S/C23H32O5/c1-14(2)23(26)11-10-22(4)9-8-15(3)12-19(20(22)23)28-21(25)16-6-7-18(27-5)17(24)13-16/h6-8,13-14,19-20,24,26H,9-12H2,1-5H3/t19-,20+,22-,23+/m0/s1. The minimum atomic E-state index is -0.861. The van der Waals surface area contributed by atoms with Crippen molar-refractivity contribution < 1.29 is 24.5 Å². The summed E-state index contributed by atoms with van der Waals surface area (Å²) in [5.74, 6) is -0.341. The monoisotopic (exact) mass is 388 g/mol. The van der Waals surface area contributed by atoms with E-state index in [2.05, 4.69) is 19.9 Å². The summed E-state index contributed by atoms with van der Waals surface area (Å²) >= 11 is 0. The Bertz CT molecular complexity index is 783. The van der Waals surface area contributed by atoms with E-state index < -0.39 is 17.7 Å². The van der Waals surface area contributed by atoms with Crippen molar-refractivity contribution in [3.63, 3.8) is 0 Å². The first-order valence-electron chi connectivity index (χ1n) is 10.1. The smallest absolute Gasteiger partial charge is 0.338 e.